The van der Waals surface area contributed by atoms with Gasteiger partial charge in [-0.1, -0.05) is 6.42 Å². The van der Waals surface area contributed by atoms with Crippen molar-refractivity contribution in [2.75, 3.05) is 13.2 Å². The number of benzene rings is 1. The molecular weight excluding hydrogens is 302 g/mol. The predicted molar refractivity (Wildman–Crippen MR) is 73.5 cm³/mol. The van der Waals surface area contributed by atoms with Crippen LogP contribution in [-0.2, 0) is 16.8 Å². The zero-order valence-electron chi connectivity index (χ0n) is 11.4. The van der Waals surface area contributed by atoms with Crippen molar-refractivity contribution in [1.29, 1.82) is 0 Å². The molecule has 1 aliphatic heterocycles. The molecule has 0 aromatic heterocycles. The zero-order valence-corrected chi connectivity index (χ0v) is 12.2. The molecule has 1 unspecified atom stereocenters. The van der Waals surface area contributed by atoms with Gasteiger partial charge in [-0.2, -0.15) is 17.4 Å². The average Bonchev–Trinajstić information content (AvgIpc) is 2.48. The van der Waals surface area contributed by atoms with Crippen LogP contribution >= 0.6 is 0 Å². The van der Waals surface area contributed by atoms with Gasteiger partial charge in [0.05, 0.1) is 6.61 Å². The van der Waals surface area contributed by atoms with E-state index in [2.05, 4.69) is 4.72 Å². The Morgan fingerprint density at radius 1 is 1.33 bits per heavy atom. The van der Waals surface area contributed by atoms with Crippen LogP contribution in [0.3, 0.4) is 0 Å². The first-order chi connectivity index (χ1) is 9.94. The highest BCUT2D eigenvalue weighted by Gasteiger charge is 2.31. The largest absolute Gasteiger partial charge is 0.395 e. The molecule has 1 aliphatic rings. The van der Waals surface area contributed by atoms with E-state index in [1.54, 1.807) is 0 Å². The number of rotatable bonds is 5. The molecule has 8 heteroatoms. The van der Waals surface area contributed by atoms with Gasteiger partial charge < -0.3 is 5.11 Å². The fraction of sp³-hybridized carbons (Fsp3) is 0.538. The molecule has 1 fully saturated rings. The third-order valence-electron chi connectivity index (χ3n) is 3.55. The van der Waals surface area contributed by atoms with Crippen molar-refractivity contribution in [2.45, 2.75) is 31.8 Å². The summed E-state index contributed by atoms with van der Waals surface area (Å²) in [5.74, 6) is -1.30. The average molecular weight is 320 g/mol. The number of nitrogens with one attached hydrogen (secondary N) is 1. The Hall–Kier alpha value is -1.09. The highest BCUT2D eigenvalue weighted by molar-refractivity contribution is 7.87. The van der Waals surface area contributed by atoms with Gasteiger partial charge >= 0.3 is 0 Å². The number of hydrogen-bond donors (Lipinski definition) is 2. The molecule has 5 nitrogen and oxygen atoms in total. The standard InChI is InChI=1S/C13H18F2N2O3S/c14-11-4-5-13(15)10(7-11)8-16-21(19,20)17-6-2-1-3-12(17)9-18/h4-5,7,12,16,18H,1-3,6,8-9H2. The fourth-order valence-corrected chi connectivity index (χ4v) is 3.84. The Balaban J connectivity index is 2.08. The second-order valence-corrected chi connectivity index (χ2v) is 6.71. The first-order valence-electron chi connectivity index (χ1n) is 6.75. The summed E-state index contributed by atoms with van der Waals surface area (Å²) in [6.07, 6.45) is 2.16. The van der Waals surface area contributed by atoms with E-state index in [1.165, 1.54) is 4.31 Å². The number of hydrogen-bond acceptors (Lipinski definition) is 3. The second kappa shape index (κ2) is 6.78. The maximum Gasteiger partial charge on any atom is 0.280 e. The zero-order chi connectivity index (χ0) is 15.5. The van der Waals surface area contributed by atoms with Gasteiger partial charge in [0.15, 0.2) is 0 Å². The van der Waals surface area contributed by atoms with Crippen molar-refractivity contribution in [3.05, 3.63) is 35.4 Å². The molecule has 1 saturated heterocycles. The van der Waals surface area contributed by atoms with Crippen molar-refractivity contribution in [3.8, 4) is 0 Å². The Kier molecular flexibility index (Phi) is 5.26. The first kappa shape index (κ1) is 16.3. The summed E-state index contributed by atoms with van der Waals surface area (Å²) in [4.78, 5) is 0. The van der Waals surface area contributed by atoms with Gasteiger partial charge in [0, 0.05) is 24.7 Å². The summed E-state index contributed by atoms with van der Waals surface area (Å²) in [5.41, 5.74) is -0.0591. The van der Waals surface area contributed by atoms with Crippen LogP contribution < -0.4 is 4.72 Å². The van der Waals surface area contributed by atoms with E-state index in [-0.39, 0.29) is 18.7 Å². The third kappa shape index (κ3) is 3.97. The molecule has 1 atom stereocenters. The SMILES string of the molecule is O=S(=O)(NCc1cc(F)ccc1F)N1CCCCC1CO. The van der Waals surface area contributed by atoms with E-state index in [9.17, 15) is 22.3 Å². The van der Waals surface area contributed by atoms with Crippen molar-refractivity contribution in [2.24, 2.45) is 0 Å². The molecule has 0 spiro atoms. The van der Waals surface area contributed by atoms with E-state index >= 15 is 0 Å². The van der Waals surface area contributed by atoms with Gasteiger partial charge in [-0.3, -0.25) is 0 Å². The van der Waals surface area contributed by atoms with Gasteiger partial charge in [-0.25, -0.2) is 8.78 Å². The lowest BCUT2D eigenvalue weighted by Gasteiger charge is -2.33. The van der Waals surface area contributed by atoms with Crippen LogP contribution in [0.15, 0.2) is 18.2 Å². The summed E-state index contributed by atoms with van der Waals surface area (Å²) in [6.45, 7) is -0.276. The van der Waals surface area contributed by atoms with Gasteiger partial charge in [-0.15, -0.1) is 0 Å². The number of aliphatic hydroxyl groups is 1. The van der Waals surface area contributed by atoms with Crippen LogP contribution in [0.4, 0.5) is 8.78 Å². The normalized spacial score (nSPS) is 20.6. The smallest absolute Gasteiger partial charge is 0.280 e. The molecule has 0 aliphatic carbocycles. The minimum Gasteiger partial charge on any atom is -0.395 e. The molecule has 0 bridgehead atoms. The topological polar surface area (TPSA) is 69.6 Å². The minimum absolute atomic E-state index is 0.0591. The van der Waals surface area contributed by atoms with E-state index < -0.39 is 27.9 Å². The van der Waals surface area contributed by atoms with Gasteiger partial charge in [0.2, 0.25) is 0 Å². The monoisotopic (exact) mass is 320 g/mol. The molecule has 21 heavy (non-hydrogen) atoms. The lowest BCUT2D eigenvalue weighted by atomic mass is 10.1. The van der Waals surface area contributed by atoms with Crippen LogP contribution in [0, 0.1) is 11.6 Å². The quantitative estimate of drug-likeness (QED) is 0.855. The fourth-order valence-electron chi connectivity index (χ4n) is 2.40. The van der Waals surface area contributed by atoms with Crippen LogP contribution in [-0.4, -0.2) is 37.0 Å². The van der Waals surface area contributed by atoms with Crippen LogP contribution in [0.1, 0.15) is 24.8 Å². The van der Waals surface area contributed by atoms with Crippen molar-refractivity contribution in [1.82, 2.24) is 9.03 Å². The summed E-state index contributed by atoms with van der Waals surface area (Å²) >= 11 is 0. The molecule has 0 amide bonds. The molecule has 2 rings (SSSR count). The van der Waals surface area contributed by atoms with Gasteiger partial charge in [-0.05, 0) is 31.0 Å². The van der Waals surface area contributed by atoms with Crippen molar-refractivity contribution < 1.29 is 22.3 Å². The van der Waals surface area contributed by atoms with Gasteiger partial charge in [0.25, 0.3) is 10.2 Å². The Morgan fingerprint density at radius 3 is 2.81 bits per heavy atom. The minimum atomic E-state index is -3.84. The highest BCUT2D eigenvalue weighted by Crippen LogP contribution is 2.19. The number of aliphatic hydroxyl groups excluding tert-OH is 1. The van der Waals surface area contributed by atoms with Crippen LogP contribution in [0.25, 0.3) is 0 Å². The third-order valence-corrected chi connectivity index (χ3v) is 5.15. The molecule has 1 aromatic rings. The number of halogens is 2. The molecular formula is C13H18F2N2O3S. The maximum atomic E-state index is 13.5. The summed E-state index contributed by atoms with van der Waals surface area (Å²) in [5, 5.41) is 9.25. The second-order valence-electron chi connectivity index (χ2n) is 5.00. The molecule has 2 N–H and O–H groups in total. The number of piperidine rings is 1. The maximum absolute atomic E-state index is 13.5. The Labute approximate surface area is 122 Å². The summed E-state index contributed by atoms with van der Waals surface area (Å²) in [6, 6.07) is 2.42. The summed E-state index contributed by atoms with van der Waals surface area (Å²) < 4.78 is 54.4. The van der Waals surface area contributed by atoms with Gasteiger partial charge in [0.1, 0.15) is 11.6 Å². The van der Waals surface area contributed by atoms with E-state index in [1.807, 2.05) is 0 Å². The number of nitrogens with zero attached hydrogens (tertiary/aromatic N) is 1. The van der Waals surface area contributed by atoms with Crippen LogP contribution in [0.2, 0.25) is 0 Å². The predicted octanol–water partition coefficient (Wildman–Crippen LogP) is 1.15. The lowest BCUT2D eigenvalue weighted by Crippen LogP contribution is -2.50. The first-order valence-corrected chi connectivity index (χ1v) is 8.19. The molecule has 1 aromatic carbocycles. The van der Waals surface area contributed by atoms with Crippen LogP contribution in [0.5, 0.6) is 0 Å². The van der Waals surface area contributed by atoms with E-state index in [0.717, 1.165) is 24.6 Å². The molecule has 1 heterocycles. The van der Waals surface area contributed by atoms with E-state index in [4.69, 9.17) is 0 Å². The highest BCUT2D eigenvalue weighted by atomic mass is 32.2. The Morgan fingerprint density at radius 2 is 2.10 bits per heavy atom. The summed E-state index contributed by atoms with van der Waals surface area (Å²) in [7, 11) is -3.84. The van der Waals surface area contributed by atoms with E-state index in [0.29, 0.717) is 19.4 Å². The van der Waals surface area contributed by atoms with Crippen molar-refractivity contribution >= 4 is 10.2 Å². The Bertz CT molecular complexity index is 595. The molecule has 0 saturated carbocycles. The molecule has 0 radical (unpaired) electrons. The van der Waals surface area contributed by atoms with Crippen molar-refractivity contribution in [3.63, 3.8) is 0 Å². The molecule has 118 valence electrons. The lowest BCUT2D eigenvalue weighted by molar-refractivity contribution is 0.154.